The Morgan fingerprint density at radius 1 is 1.33 bits per heavy atom. The number of fused-ring (bicyclic) bond motifs is 1. The van der Waals surface area contributed by atoms with Crippen molar-refractivity contribution in [3.8, 4) is 11.5 Å². The van der Waals surface area contributed by atoms with Gasteiger partial charge in [0.1, 0.15) is 0 Å². The van der Waals surface area contributed by atoms with Crippen LogP contribution in [0.1, 0.15) is 18.9 Å². The van der Waals surface area contributed by atoms with E-state index in [2.05, 4.69) is 11.0 Å². The van der Waals surface area contributed by atoms with Crippen LogP contribution >= 0.6 is 0 Å². The molecule has 0 aliphatic carbocycles. The Labute approximate surface area is 124 Å². The molecule has 5 nitrogen and oxygen atoms in total. The summed E-state index contributed by atoms with van der Waals surface area (Å²) in [5.41, 5.74) is 1.18. The van der Waals surface area contributed by atoms with Crippen molar-refractivity contribution in [1.82, 2.24) is 4.90 Å². The maximum Gasteiger partial charge on any atom is 0.306 e. The number of ether oxygens (including phenoxy) is 2. The van der Waals surface area contributed by atoms with Gasteiger partial charge in [-0.3, -0.25) is 9.69 Å². The molecule has 1 aromatic rings. The average Bonchev–Trinajstić information content (AvgIpc) is 2.66. The van der Waals surface area contributed by atoms with Crippen LogP contribution in [-0.2, 0) is 11.3 Å². The minimum Gasteiger partial charge on any atom is -0.490 e. The Morgan fingerprint density at radius 2 is 2.05 bits per heavy atom. The number of benzene rings is 1. The quantitative estimate of drug-likeness (QED) is 0.919. The fourth-order valence-electron chi connectivity index (χ4n) is 2.82. The van der Waals surface area contributed by atoms with Crippen molar-refractivity contribution < 1.29 is 19.4 Å². The van der Waals surface area contributed by atoms with Gasteiger partial charge in [0.05, 0.1) is 19.1 Å². The minimum absolute atomic E-state index is 0.259. The summed E-state index contributed by atoms with van der Waals surface area (Å²) < 4.78 is 11.3. The number of nitrogens with zero attached hydrogens (tertiary/aromatic N) is 1. The molecule has 1 N–H and O–H groups in total. The van der Waals surface area contributed by atoms with Crippen LogP contribution in [0.5, 0.6) is 11.5 Å². The maximum absolute atomic E-state index is 10.9. The van der Waals surface area contributed by atoms with Crippen molar-refractivity contribution in [3.63, 3.8) is 0 Å². The van der Waals surface area contributed by atoms with Crippen LogP contribution in [0, 0.1) is 11.8 Å². The fraction of sp³-hybridized carbons (Fsp3) is 0.562. The lowest BCUT2D eigenvalue weighted by atomic mass is 9.87. The first-order valence-corrected chi connectivity index (χ1v) is 7.47. The summed E-state index contributed by atoms with van der Waals surface area (Å²) >= 11 is 0. The summed E-state index contributed by atoms with van der Waals surface area (Å²) in [7, 11) is 0. The Hall–Kier alpha value is -1.75. The van der Waals surface area contributed by atoms with Gasteiger partial charge in [-0.2, -0.15) is 0 Å². The molecule has 0 saturated carbocycles. The summed E-state index contributed by atoms with van der Waals surface area (Å²) in [5, 5.41) is 9.00. The van der Waals surface area contributed by atoms with Gasteiger partial charge in [0.15, 0.2) is 11.5 Å². The van der Waals surface area contributed by atoms with Crippen molar-refractivity contribution in [1.29, 1.82) is 0 Å². The molecule has 0 radical (unpaired) electrons. The zero-order valence-electron chi connectivity index (χ0n) is 12.2. The highest BCUT2D eigenvalue weighted by Gasteiger charge is 2.34. The molecule has 2 aliphatic rings. The van der Waals surface area contributed by atoms with Gasteiger partial charge in [0.2, 0.25) is 0 Å². The first-order valence-electron chi connectivity index (χ1n) is 7.47. The number of aliphatic carboxylic acids is 1. The summed E-state index contributed by atoms with van der Waals surface area (Å²) in [6, 6.07) is 6.06. The fourth-order valence-corrected chi connectivity index (χ4v) is 2.82. The van der Waals surface area contributed by atoms with Crippen molar-refractivity contribution in [3.05, 3.63) is 23.8 Å². The normalized spacial score (nSPS) is 20.4. The lowest BCUT2D eigenvalue weighted by molar-refractivity contribution is -0.145. The standard InChI is InChI=1S/C16H21NO4/c1-11(16(18)19)13-9-17(10-13)8-12-3-4-14-15(7-12)21-6-2-5-20-14/h3-4,7,11,13H,2,5-6,8-10H2,1H3,(H,18,19). The molecule has 1 aromatic carbocycles. The average molecular weight is 291 g/mol. The van der Waals surface area contributed by atoms with Crippen molar-refractivity contribution in [2.45, 2.75) is 19.9 Å². The van der Waals surface area contributed by atoms with E-state index in [9.17, 15) is 4.79 Å². The number of rotatable bonds is 4. The molecule has 1 unspecified atom stereocenters. The molecule has 1 atom stereocenters. The summed E-state index contributed by atoms with van der Waals surface area (Å²) in [6.45, 7) is 5.72. The Morgan fingerprint density at radius 3 is 2.76 bits per heavy atom. The van der Waals surface area contributed by atoms with Gasteiger partial charge in [0.25, 0.3) is 0 Å². The van der Waals surface area contributed by atoms with E-state index in [0.29, 0.717) is 13.2 Å². The van der Waals surface area contributed by atoms with Crippen LogP contribution in [0.25, 0.3) is 0 Å². The third kappa shape index (κ3) is 3.13. The third-order valence-electron chi connectivity index (χ3n) is 4.30. The molecule has 1 saturated heterocycles. The van der Waals surface area contributed by atoms with Gasteiger partial charge >= 0.3 is 5.97 Å². The van der Waals surface area contributed by atoms with E-state index in [4.69, 9.17) is 14.6 Å². The van der Waals surface area contributed by atoms with E-state index in [0.717, 1.165) is 37.6 Å². The Balaban J connectivity index is 1.57. The van der Waals surface area contributed by atoms with E-state index in [-0.39, 0.29) is 11.8 Å². The monoisotopic (exact) mass is 291 g/mol. The van der Waals surface area contributed by atoms with E-state index in [1.165, 1.54) is 5.56 Å². The second-order valence-electron chi connectivity index (χ2n) is 5.91. The molecule has 3 rings (SSSR count). The SMILES string of the molecule is CC(C(=O)O)C1CN(Cc2ccc3c(c2)OCCCO3)C1. The van der Waals surface area contributed by atoms with Gasteiger partial charge in [-0.15, -0.1) is 0 Å². The number of carbonyl (C=O) groups is 1. The minimum atomic E-state index is -0.699. The van der Waals surface area contributed by atoms with Crippen molar-refractivity contribution in [2.75, 3.05) is 26.3 Å². The first kappa shape index (κ1) is 14.2. The molecule has 1 fully saturated rings. The van der Waals surface area contributed by atoms with E-state index < -0.39 is 5.97 Å². The third-order valence-corrected chi connectivity index (χ3v) is 4.30. The lowest BCUT2D eigenvalue weighted by Gasteiger charge is -2.41. The molecule has 0 spiro atoms. The Bertz CT molecular complexity index is 525. The summed E-state index contributed by atoms with van der Waals surface area (Å²) in [5.74, 6) is 0.946. The van der Waals surface area contributed by atoms with Crippen LogP contribution < -0.4 is 9.47 Å². The van der Waals surface area contributed by atoms with E-state index in [1.807, 2.05) is 12.1 Å². The number of carboxylic acid groups (broad SMARTS) is 1. The highest BCUT2D eigenvalue weighted by atomic mass is 16.5. The van der Waals surface area contributed by atoms with Gasteiger partial charge < -0.3 is 14.6 Å². The molecule has 0 amide bonds. The molecule has 0 aromatic heterocycles. The van der Waals surface area contributed by atoms with Gasteiger partial charge in [-0.25, -0.2) is 0 Å². The van der Waals surface area contributed by atoms with Gasteiger partial charge in [-0.05, 0) is 23.6 Å². The van der Waals surface area contributed by atoms with Crippen LogP contribution in [0.15, 0.2) is 18.2 Å². The molecule has 2 heterocycles. The molecular weight excluding hydrogens is 270 g/mol. The van der Waals surface area contributed by atoms with Crippen molar-refractivity contribution >= 4 is 5.97 Å². The van der Waals surface area contributed by atoms with Gasteiger partial charge in [0, 0.05) is 26.1 Å². The predicted octanol–water partition coefficient (Wildman–Crippen LogP) is 2.00. The largest absolute Gasteiger partial charge is 0.490 e. The summed E-state index contributed by atoms with van der Waals surface area (Å²) in [6.07, 6.45) is 0.908. The van der Waals surface area contributed by atoms with Crippen LogP contribution in [0.3, 0.4) is 0 Å². The molecule has 5 heteroatoms. The maximum atomic E-state index is 10.9. The molecule has 0 bridgehead atoms. The zero-order chi connectivity index (χ0) is 14.8. The van der Waals surface area contributed by atoms with Crippen LogP contribution in [0.4, 0.5) is 0 Å². The second kappa shape index (κ2) is 5.93. The van der Waals surface area contributed by atoms with Crippen LogP contribution in [-0.4, -0.2) is 42.3 Å². The first-order chi connectivity index (χ1) is 10.1. The number of hydrogen-bond acceptors (Lipinski definition) is 4. The number of likely N-dealkylation sites (tertiary alicyclic amines) is 1. The van der Waals surface area contributed by atoms with Gasteiger partial charge in [-0.1, -0.05) is 13.0 Å². The number of hydrogen-bond donors (Lipinski definition) is 1. The molecule has 21 heavy (non-hydrogen) atoms. The zero-order valence-corrected chi connectivity index (χ0v) is 12.2. The van der Waals surface area contributed by atoms with Crippen molar-refractivity contribution in [2.24, 2.45) is 11.8 Å². The highest BCUT2D eigenvalue weighted by molar-refractivity contribution is 5.70. The smallest absolute Gasteiger partial charge is 0.306 e. The Kier molecular flexibility index (Phi) is 4.01. The predicted molar refractivity (Wildman–Crippen MR) is 77.6 cm³/mol. The summed E-state index contributed by atoms with van der Waals surface area (Å²) in [4.78, 5) is 13.2. The lowest BCUT2D eigenvalue weighted by Crippen LogP contribution is -2.50. The van der Waals surface area contributed by atoms with E-state index in [1.54, 1.807) is 6.92 Å². The second-order valence-corrected chi connectivity index (χ2v) is 5.91. The van der Waals surface area contributed by atoms with E-state index >= 15 is 0 Å². The van der Waals surface area contributed by atoms with Crippen LogP contribution in [0.2, 0.25) is 0 Å². The molecule has 114 valence electrons. The topological polar surface area (TPSA) is 59.0 Å². The molecular formula is C16H21NO4. The highest BCUT2D eigenvalue weighted by Crippen LogP contribution is 2.32. The number of carboxylic acids is 1. The molecule has 2 aliphatic heterocycles.